The summed E-state index contributed by atoms with van der Waals surface area (Å²) in [6, 6.07) is 0. The van der Waals surface area contributed by atoms with E-state index in [4.69, 9.17) is 9.72 Å². The van der Waals surface area contributed by atoms with Crippen LogP contribution in [0.2, 0.25) is 0 Å². The van der Waals surface area contributed by atoms with E-state index < -0.39 is 0 Å². The molecular weight excluding hydrogens is 353 g/mol. The first kappa shape index (κ1) is 12.6. The monoisotopic (exact) mass is 373 g/mol. The summed E-state index contributed by atoms with van der Waals surface area (Å²) < 4.78 is 8.79. The van der Waals surface area contributed by atoms with Gasteiger partial charge in [0.05, 0.1) is 12.1 Å². The zero-order valence-corrected chi connectivity index (χ0v) is 13.4. The SMILES string of the molecule is COCCNC12CC(n3cc(I)nc3C3CC3)(C1)C2. The fourth-order valence-electron chi connectivity index (χ4n) is 3.97. The van der Waals surface area contributed by atoms with Gasteiger partial charge in [-0.3, -0.25) is 0 Å². The summed E-state index contributed by atoms with van der Waals surface area (Å²) in [5.41, 5.74) is 0.809. The number of imidazole rings is 1. The third kappa shape index (κ3) is 1.88. The fraction of sp³-hybridized carbons (Fsp3) is 0.786. The van der Waals surface area contributed by atoms with Gasteiger partial charge in [-0.05, 0) is 54.7 Å². The van der Waals surface area contributed by atoms with Crippen molar-refractivity contribution in [3.8, 4) is 0 Å². The van der Waals surface area contributed by atoms with Gasteiger partial charge in [0.25, 0.3) is 0 Å². The highest BCUT2D eigenvalue weighted by atomic mass is 127. The van der Waals surface area contributed by atoms with Crippen LogP contribution in [0.1, 0.15) is 43.8 Å². The third-order valence-corrected chi connectivity index (χ3v) is 5.49. The van der Waals surface area contributed by atoms with Crippen LogP contribution in [0.4, 0.5) is 0 Å². The molecule has 5 rings (SSSR count). The Labute approximate surface area is 127 Å². The van der Waals surface area contributed by atoms with E-state index in [1.807, 2.05) is 0 Å². The molecule has 0 unspecified atom stereocenters. The van der Waals surface area contributed by atoms with E-state index in [-0.39, 0.29) is 0 Å². The lowest BCUT2D eigenvalue weighted by Crippen LogP contribution is -2.78. The van der Waals surface area contributed by atoms with E-state index in [1.54, 1.807) is 7.11 Å². The number of ether oxygens (including phenoxy) is 1. The molecule has 4 aliphatic carbocycles. The van der Waals surface area contributed by atoms with Gasteiger partial charge >= 0.3 is 0 Å². The summed E-state index contributed by atoms with van der Waals surface area (Å²) in [6.07, 6.45) is 8.76. The Hall–Kier alpha value is -0.140. The Morgan fingerprint density at radius 2 is 2.21 bits per heavy atom. The quantitative estimate of drug-likeness (QED) is 0.614. The second kappa shape index (κ2) is 4.18. The maximum Gasteiger partial charge on any atom is 0.119 e. The minimum absolute atomic E-state index is 0.397. The molecular formula is C14H20IN3O. The highest BCUT2D eigenvalue weighted by Crippen LogP contribution is 2.66. The Morgan fingerprint density at radius 3 is 2.84 bits per heavy atom. The van der Waals surface area contributed by atoms with E-state index in [1.165, 1.54) is 37.9 Å². The van der Waals surface area contributed by atoms with E-state index in [2.05, 4.69) is 38.7 Å². The molecule has 0 spiro atoms. The molecule has 104 valence electrons. The van der Waals surface area contributed by atoms with Crippen molar-refractivity contribution in [2.45, 2.75) is 49.1 Å². The zero-order valence-electron chi connectivity index (χ0n) is 11.3. The van der Waals surface area contributed by atoms with Crippen LogP contribution in [-0.2, 0) is 10.3 Å². The van der Waals surface area contributed by atoms with Crippen LogP contribution >= 0.6 is 22.6 Å². The van der Waals surface area contributed by atoms with Gasteiger partial charge in [-0.2, -0.15) is 0 Å². The number of rotatable bonds is 6. The molecule has 1 aromatic heterocycles. The molecule has 1 heterocycles. The van der Waals surface area contributed by atoms with E-state index in [0.717, 1.165) is 22.8 Å². The summed E-state index contributed by atoms with van der Waals surface area (Å²) in [4.78, 5) is 4.75. The summed E-state index contributed by atoms with van der Waals surface area (Å²) in [5.74, 6) is 2.10. The van der Waals surface area contributed by atoms with Gasteiger partial charge in [0.2, 0.25) is 0 Å². The van der Waals surface area contributed by atoms with Crippen LogP contribution in [0, 0.1) is 3.70 Å². The highest BCUT2D eigenvalue weighted by molar-refractivity contribution is 14.1. The zero-order chi connectivity index (χ0) is 13.1. The normalized spacial score (nSPS) is 35.9. The number of halogens is 1. The third-order valence-electron chi connectivity index (χ3n) is 4.97. The van der Waals surface area contributed by atoms with Crippen molar-refractivity contribution in [1.82, 2.24) is 14.9 Å². The summed E-state index contributed by atoms with van der Waals surface area (Å²) in [6.45, 7) is 1.79. The summed E-state index contributed by atoms with van der Waals surface area (Å²) in [7, 11) is 1.76. The van der Waals surface area contributed by atoms with Crippen molar-refractivity contribution in [2.75, 3.05) is 20.3 Å². The molecule has 4 saturated carbocycles. The molecule has 4 nitrogen and oxygen atoms in total. The van der Waals surface area contributed by atoms with Crippen LogP contribution in [-0.4, -0.2) is 35.4 Å². The Morgan fingerprint density at radius 1 is 1.47 bits per heavy atom. The summed E-state index contributed by atoms with van der Waals surface area (Å²) >= 11 is 2.35. The second-order valence-electron chi connectivity index (χ2n) is 6.52. The number of aromatic nitrogens is 2. The van der Waals surface area contributed by atoms with Crippen LogP contribution in [0.25, 0.3) is 0 Å². The summed E-state index contributed by atoms with van der Waals surface area (Å²) in [5, 5.41) is 3.67. The lowest BCUT2D eigenvalue weighted by molar-refractivity contribution is -0.141. The Kier molecular flexibility index (Phi) is 2.77. The molecule has 0 aliphatic heterocycles. The Balaban J connectivity index is 1.46. The van der Waals surface area contributed by atoms with Gasteiger partial charge in [0.15, 0.2) is 0 Å². The van der Waals surface area contributed by atoms with Gasteiger partial charge in [0, 0.05) is 31.3 Å². The number of methoxy groups -OCH3 is 1. The van der Waals surface area contributed by atoms with Gasteiger partial charge in [-0.1, -0.05) is 0 Å². The second-order valence-corrected chi connectivity index (χ2v) is 7.63. The topological polar surface area (TPSA) is 39.1 Å². The van der Waals surface area contributed by atoms with Crippen LogP contribution < -0.4 is 5.32 Å². The first-order valence-electron chi connectivity index (χ1n) is 7.16. The molecule has 0 saturated heterocycles. The van der Waals surface area contributed by atoms with Crippen LogP contribution in [0.3, 0.4) is 0 Å². The van der Waals surface area contributed by atoms with Crippen molar-refractivity contribution in [2.24, 2.45) is 0 Å². The van der Waals surface area contributed by atoms with Gasteiger partial charge in [-0.25, -0.2) is 4.98 Å². The van der Waals surface area contributed by atoms with Crippen LogP contribution in [0.5, 0.6) is 0 Å². The maximum atomic E-state index is 5.12. The van der Waals surface area contributed by atoms with Crippen LogP contribution in [0.15, 0.2) is 6.20 Å². The first-order valence-corrected chi connectivity index (χ1v) is 8.24. The number of nitrogens with one attached hydrogen (secondary N) is 1. The molecule has 0 aromatic carbocycles. The predicted molar refractivity (Wildman–Crippen MR) is 81.4 cm³/mol. The fourth-order valence-corrected chi connectivity index (χ4v) is 4.50. The average molecular weight is 373 g/mol. The lowest BCUT2D eigenvalue weighted by Gasteiger charge is -2.71. The van der Waals surface area contributed by atoms with Crippen molar-refractivity contribution < 1.29 is 4.74 Å². The molecule has 19 heavy (non-hydrogen) atoms. The van der Waals surface area contributed by atoms with E-state index >= 15 is 0 Å². The average Bonchev–Trinajstić information content (AvgIpc) is 3.05. The standard InChI is InChI=1S/C14H20IN3O/c1-19-5-4-16-13-7-14(8-13,9-13)18-6-11(15)17-12(18)10-2-3-10/h6,10,16H,2-5,7-9H2,1H3. The minimum atomic E-state index is 0.397. The van der Waals surface area contributed by atoms with Gasteiger partial charge < -0.3 is 14.6 Å². The minimum Gasteiger partial charge on any atom is -0.383 e. The molecule has 0 radical (unpaired) electrons. The highest BCUT2D eigenvalue weighted by Gasteiger charge is 2.69. The number of hydrogen-bond acceptors (Lipinski definition) is 3. The van der Waals surface area contributed by atoms with Crippen molar-refractivity contribution in [3.63, 3.8) is 0 Å². The van der Waals surface area contributed by atoms with Crippen molar-refractivity contribution >= 4 is 22.6 Å². The molecule has 5 heteroatoms. The van der Waals surface area contributed by atoms with Crippen molar-refractivity contribution in [3.05, 3.63) is 15.7 Å². The molecule has 1 aromatic rings. The van der Waals surface area contributed by atoms with E-state index in [0.29, 0.717) is 11.1 Å². The molecule has 1 N–H and O–H groups in total. The number of nitrogens with zero attached hydrogens (tertiary/aromatic N) is 2. The maximum absolute atomic E-state index is 5.12. The van der Waals surface area contributed by atoms with Gasteiger partial charge in [0.1, 0.15) is 9.53 Å². The molecule has 0 amide bonds. The first-order chi connectivity index (χ1) is 9.16. The smallest absolute Gasteiger partial charge is 0.119 e. The number of hydrogen-bond donors (Lipinski definition) is 1. The van der Waals surface area contributed by atoms with Crippen molar-refractivity contribution in [1.29, 1.82) is 0 Å². The largest absolute Gasteiger partial charge is 0.383 e. The molecule has 4 fully saturated rings. The molecule has 2 bridgehead atoms. The molecule has 0 atom stereocenters. The van der Waals surface area contributed by atoms with Gasteiger partial charge in [-0.15, -0.1) is 0 Å². The Bertz CT molecular complexity index is 489. The molecule has 4 aliphatic rings. The lowest BCUT2D eigenvalue weighted by atomic mass is 9.44. The predicted octanol–water partition coefficient (Wildman–Crippen LogP) is 2.23. The van der Waals surface area contributed by atoms with E-state index in [9.17, 15) is 0 Å².